The molecule has 0 unspecified atom stereocenters. The Kier molecular flexibility index (Phi) is 2.32. The second-order valence-corrected chi connectivity index (χ2v) is 3.41. The van der Waals surface area contributed by atoms with Gasteiger partial charge in [-0.3, -0.25) is 4.90 Å². The molecule has 0 saturated carbocycles. The van der Waals surface area contributed by atoms with E-state index in [4.69, 9.17) is 4.74 Å². The highest BCUT2D eigenvalue weighted by Gasteiger charge is 2.36. The van der Waals surface area contributed by atoms with Gasteiger partial charge in [0.1, 0.15) is 0 Å². The Labute approximate surface area is 63.2 Å². The monoisotopic (exact) mass is 143 g/mol. The molecule has 1 aliphatic rings. The highest BCUT2D eigenvalue weighted by atomic mass is 16.5. The lowest BCUT2D eigenvalue weighted by molar-refractivity contribution is -0.121. The van der Waals surface area contributed by atoms with Crippen LogP contribution in [0.4, 0.5) is 0 Å². The molecule has 2 nitrogen and oxygen atoms in total. The summed E-state index contributed by atoms with van der Waals surface area (Å²) in [4.78, 5) is 2.39. The Bertz CT molecular complexity index is 110. The summed E-state index contributed by atoms with van der Waals surface area (Å²) in [5, 5.41) is 0. The maximum Gasteiger partial charge on any atom is 0.0671 e. The zero-order valence-corrected chi connectivity index (χ0v) is 7.18. The second-order valence-electron chi connectivity index (χ2n) is 3.41. The van der Waals surface area contributed by atoms with E-state index < -0.39 is 0 Å². The lowest BCUT2D eigenvalue weighted by Crippen LogP contribution is -2.58. The molecule has 0 N–H and O–H groups in total. The van der Waals surface area contributed by atoms with Crippen LogP contribution in [0.25, 0.3) is 0 Å². The molecule has 0 aliphatic carbocycles. The average molecular weight is 143 g/mol. The molecule has 0 aromatic rings. The number of rotatable bonds is 3. The minimum absolute atomic E-state index is 0.343. The lowest BCUT2D eigenvalue weighted by atomic mass is 9.98. The normalized spacial score (nSPS) is 22.8. The van der Waals surface area contributed by atoms with Crippen LogP contribution in [0.5, 0.6) is 0 Å². The van der Waals surface area contributed by atoms with Crippen molar-refractivity contribution in [3.63, 3.8) is 0 Å². The standard InChI is InChI=1S/C8H17NO/c1-4-5-9(3)8(2)6-10-7-8/h4-7H2,1-3H3. The van der Waals surface area contributed by atoms with Gasteiger partial charge in [0.2, 0.25) is 0 Å². The molecule has 1 heterocycles. The van der Waals surface area contributed by atoms with Crippen LogP contribution in [0, 0.1) is 0 Å². The number of hydrogen-bond donors (Lipinski definition) is 0. The van der Waals surface area contributed by atoms with Gasteiger partial charge < -0.3 is 4.74 Å². The van der Waals surface area contributed by atoms with Gasteiger partial charge in [0.15, 0.2) is 0 Å². The third-order valence-corrected chi connectivity index (χ3v) is 2.31. The molecule has 0 aromatic carbocycles. The molecule has 1 fully saturated rings. The van der Waals surface area contributed by atoms with Crippen molar-refractivity contribution < 1.29 is 4.74 Å². The van der Waals surface area contributed by atoms with E-state index >= 15 is 0 Å². The molecule has 60 valence electrons. The van der Waals surface area contributed by atoms with Crippen molar-refractivity contribution in [2.75, 3.05) is 26.8 Å². The molecule has 0 radical (unpaired) electrons. The summed E-state index contributed by atoms with van der Waals surface area (Å²) in [6.45, 7) is 7.46. The predicted octanol–water partition coefficient (Wildman–Crippen LogP) is 1.12. The molecular formula is C8H17NO. The highest BCUT2D eigenvalue weighted by Crippen LogP contribution is 2.22. The van der Waals surface area contributed by atoms with Crippen LogP contribution >= 0.6 is 0 Å². The smallest absolute Gasteiger partial charge is 0.0671 e. The van der Waals surface area contributed by atoms with E-state index in [0.29, 0.717) is 5.54 Å². The van der Waals surface area contributed by atoms with Crippen molar-refractivity contribution in [1.29, 1.82) is 0 Å². The van der Waals surface area contributed by atoms with E-state index in [-0.39, 0.29) is 0 Å². The third kappa shape index (κ3) is 1.32. The summed E-state index contributed by atoms with van der Waals surface area (Å²) in [6.07, 6.45) is 1.23. The SMILES string of the molecule is CCCN(C)C1(C)COC1. The molecule has 1 saturated heterocycles. The summed E-state index contributed by atoms with van der Waals surface area (Å²) in [5.74, 6) is 0. The quantitative estimate of drug-likeness (QED) is 0.587. The molecule has 0 bridgehead atoms. The molecule has 0 aromatic heterocycles. The maximum atomic E-state index is 5.16. The van der Waals surface area contributed by atoms with E-state index in [9.17, 15) is 0 Å². The van der Waals surface area contributed by atoms with Crippen LogP contribution in [0.1, 0.15) is 20.3 Å². The van der Waals surface area contributed by atoms with E-state index in [0.717, 1.165) is 13.2 Å². The maximum absolute atomic E-state index is 5.16. The van der Waals surface area contributed by atoms with E-state index in [1.807, 2.05) is 0 Å². The lowest BCUT2D eigenvalue weighted by Gasteiger charge is -2.45. The van der Waals surface area contributed by atoms with Crippen LogP contribution in [0.3, 0.4) is 0 Å². The molecular weight excluding hydrogens is 126 g/mol. The van der Waals surface area contributed by atoms with Gasteiger partial charge in [0.05, 0.1) is 18.8 Å². The van der Waals surface area contributed by atoms with Crippen molar-refractivity contribution in [3.05, 3.63) is 0 Å². The van der Waals surface area contributed by atoms with Gasteiger partial charge in [-0.25, -0.2) is 0 Å². The average Bonchev–Trinajstić information content (AvgIpc) is 1.83. The van der Waals surface area contributed by atoms with Gasteiger partial charge in [-0.15, -0.1) is 0 Å². The van der Waals surface area contributed by atoms with Crippen LogP contribution in [-0.4, -0.2) is 37.2 Å². The van der Waals surface area contributed by atoms with Crippen molar-refractivity contribution in [2.45, 2.75) is 25.8 Å². The molecule has 0 spiro atoms. The summed E-state index contributed by atoms with van der Waals surface area (Å²) in [5.41, 5.74) is 0.343. The van der Waals surface area contributed by atoms with Crippen molar-refractivity contribution >= 4 is 0 Å². The topological polar surface area (TPSA) is 12.5 Å². The van der Waals surface area contributed by atoms with Gasteiger partial charge in [0, 0.05) is 0 Å². The van der Waals surface area contributed by atoms with Crippen molar-refractivity contribution in [2.24, 2.45) is 0 Å². The minimum Gasteiger partial charge on any atom is -0.377 e. The summed E-state index contributed by atoms with van der Waals surface area (Å²) in [7, 11) is 2.17. The highest BCUT2D eigenvalue weighted by molar-refractivity contribution is 4.90. The fourth-order valence-electron chi connectivity index (χ4n) is 1.22. The van der Waals surface area contributed by atoms with E-state index in [2.05, 4.69) is 25.8 Å². The minimum atomic E-state index is 0.343. The first kappa shape index (κ1) is 8.02. The predicted molar refractivity (Wildman–Crippen MR) is 42.1 cm³/mol. The number of nitrogens with zero attached hydrogens (tertiary/aromatic N) is 1. The largest absolute Gasteiger partial charge is 0.377 e. The number of hydrogen-bond acceptors (Lipinski definition) is 2. The van der Waals surface area contributed by atoms with Crippen LogP contribution in [0.2, 0.25) is 0 Å². The Morgan fingerprint density at radius 1 is 1.50 bits per heavy atom. The Balaban J connectivity index is 2.31. The first-order chi connectivity index (χ1) is 4.69. The van der Waals surface area contributed by atoms with Crippen LogP contribution < -0.4 is 0 Å². The molecule has 1 rings (SSSR count). The van der Waals surface area contributed by atoms with Crippen molar-refractivity contribution in [1.82, 2.24) is 4.90 Å². The summed E-state index contributed by atoms with van der Waals surface area (Å²) >= 11 is 0. The Morgan fingerprint density at radius 3 is 2.40 bits per heavy atom. The zero-order chi connectivity index (χ0) is 7.61. The summed E-state index contributed by atoms with van der Waals surface area (Å²) < 4.78 is 5.16. The fraction of sp³-hybridized carbons (Fsp3) is 1.00. The van der Waals surface area contributed by atoms with Gasteiger partial charge in [-0.2, -0.15) is 0 Å². The third-order valence-electron chi connectivity index (χ3n) is 2.31. The van der Waals surface area contributed by atoms with Gasteiger partial charge in [0.25, 0.3) is 0 Å². The van der Waals surface area contributed by atoms with Crippen LogP contribution in [-0.2, 0) is 4.74 Å². The number of likely N-dealkylation sites (N-methyl/N-ethyl adjacent to an activating group) is 1. The van der Waals surface area contributed by atoms with E-state index in [1.54, 1.807) is 0 Å². The van der Waals surface area contributed by atoms with Gasteiger partial charge >= 0.3 is 0 Å². The zero-order valence-electron chi connectivity index (χ0n) is 7.18. The van der Waals surface area contributed by atoms with Crippen molar-refractivity contribution in [3.8, 4) is 0 Å². The molecule has 2 heteroatoms. The first-order valence-electron chi connectivity index (χ1n) is 3.98. The van der Waals surface area contributed by atoms with Gasteiger partial charge in [-0.1, -0.05) is 6.92 Å². The number of ether oxygens (including phenoxy) is 1. The Morgan fingerprint density at radius 2 is 2.10 bits per heavy atom. The van der Waals surface area contributed by atoms with E-state index in [1.165, 1.54) is 13.0 Å². The van der Waals surface area contributed by atoms with Crippen LogP contribution in [0.15, 0.2) is 0 Å². The first-order valence-corrected chi connectivity index (χ1v) is 3.98. The fourth-order valence-corrected chi connectivity index (χ4v) is 1.22. The molecule has 0 atom stereocenters. The molecule has 0 amide bonds. The summed E-state index contributed by atoms with van der Waals surface area (Å²) in [6, 6.07) is 0. The molecule has 1 aliphatic heterocycles. The second kappa shape index (κ2) is 2.89. The Hall–Kier alpha value is -0.0800. The molecule has 10 heavy (non-hydrogen) atoms. The van der Waals surface area contributed by atoms with Gasteiger partial charge in [-0.05, 0) is 26.9 Å².